The van der Waals surface area contributed by atoms with E-state index in [0.717, 1.165) is 19.6 Å². The van der Waals surface area contributed by atoms with Crippen molar-refractivity contribution in [3.63, 3.8) is 0 Å². The standard InChI is InChI=1S/C10H19F3N2/c1-9(8-15-6-2-3-7-15)14-5-4-10(11,12)13/h9,14H,2-8H2,1H3. The summed E-state index contributed by atoms with van der Waals surface area (Å²) in [6.45, 7) is 5.00. The zero-order chi connectivity index (χ0) is 11.3. The van der Waals surface area contributed by atoms with Crippen LogP contribution in [-0.4, -0.2) is 43.3 Å². The number of nitrogens with zero attached hydrogens (tertiary/aromatic N) is 1. The van der Waals surface area contributed by atoms with Gasteiger partial charge in [0.2, 0.25) is 0 Å². The van der Waals surface area contributed by atoms with E-state index in [4.69, 9.17) is 0 Å². The molecular formula is C10H19F3N2. The summed E-state index contributed by atoms with van der Waals surface area (Å²) in [6.07, 6.45) is -2.34. The third-order valence-corrected chi connectivity index (χ3v) is 2.63. The van der Waals surface area contributed by atoms with Crippen molar-refractivity contribution in [1.29, 1.82) is 0 Å². The van der Waals surface area contributed by atoms with Gasteiger partial charge in [-0.2, -0.15) is 13.2 Å². The molecule has 0 saturated carbocycles. The molecule has 0 amide bonds. The van der Waals surface area contributed by atoms with Crippen molar-refractivity contribution in [2.75, 3.05) is 26.2 Å². The highest BCUT2D eigenvalue weighted by atomic mass is 19.4. The zero-order valence-electron chi connectivity index (χ0n) is 9.11. The van der Waals surface area contributed by atoms with E-state index in [0.29, 0.717) is 0 Å². The highest BCUT2D eigenvalue weighted by Crippen LogP contribution is 2.18. The topological polar surface area (TPSA) is 15.3 Å². The summed E-state index contributed by atoms with van der Waals surface area (Å²) in [5.41, 5.74) is 0. The van der Waals surface area contributed by atoms with Gasteiger partial charge in [0.1, 0.15) is 0 Å². The van der Waals surface area contributed by atoms with E-state index < -0.39 is 12.6 Å². The van der Waals surface area contributed by atoms with E-state index in [9.17, 15) is 13.2 Å². The molecule has 1 atom stereocenters. The molecule has 90 valence electrons. The normalized spacial score (nSPS) is 20.8. The predicted molar refractivity (Wildman–Crippen MR) is 53.8 cm³/mol. The second-order valence-electron chi connectivity index (χ2n) is 4.23. The number of nitrogens with one attached hydrogen (secondary N) is 1. The average Bonchev–Trinajstić information content (AvgIpc) is 2.54. The SMILES string of the molecule is CC(CN1CCCC1)NCCC(F)(F)F. The molecule has 0 aromatic heterocycles. The third kappa shape index (κ3) is 5.99. The smallest absolute Gasteiger partial charge is 0.313 e. The molecule has 1 heterocycles. The molecular weight excluding hydrogens is 205 g/mol. The molecule has 1 rings (SSSR count). The van der Waals surface area contributed by atoms with E-state index >= 15 is 0 Å². The Morgan fingerprint density at radius 2 is 1.87 bits per heavy atom. The first-order valence-electron chi connectivity index (χ1n) is 5.50. The van der Waals surface area contributed by atoms with Gasteiger partial charge in [0, 0.05) is 19.1 Å². The monoisotopic (exact) mass is 224 g/mol. The lowest BCUT2D eigenvalue weighted by Gasteiger charge is -2.21. The van der Waals surface area contributed by atoms with Crippen LogP contribution in [-0.2, 0) is 0 Å². The van der Waals surface area contributed by atoms with Gasteiger partial charge in [-0.15, -0.1) is 0 Å². The molecule has 0 radical (unpaired) electrons. The summed E-state index contributed by atoms with van der Waals surface area (Å²) in [5.74, 6) is 0. The maximum absolute atomic E-state index is 11.9. The molecule has 0 spiro atoms. The maximum Gasteiger partial charge on any atom is 0.390 e. The maximum atomic E-state index is 11.9. The number of halogens is 3. The van der Waals surface area contributed by atoms with Crippen molar-refractivity contribution in [3.8, 4) is 0 Å². The van der Waals surface area contributed by atoms with E-state index in [1.807, 2.05) is 6.92 Å². The lowest BCUT2D eigenvalue weighted by molar-refractivity contribution is -0.133. The quantitative estimate of drug-likeness (QED) is 0.768. The summed E-state index contributed by atoms with van der Waals surface area (Å²) >= 11 is 0. The Hall–Kier alpha value is -0.290. The minimum absolute atomic E-state index is 0.0263. The van der Waals surface area contributed by atoms with Crippen LogP contribution in [0.5, 0.6) is 0 Å². The van der Waals surface area contributed by atoms with Gasteiger partial charge in [-0.3, -0.25) is 0 Å². The van der Waals surface area contributed by atoms with Gasteiger partial charge in [-0.1, -0.05) is 0 Å². The molecule has 1 N–H and O–H groups in total. The fourth-order valence-electron chi connectivity index (χ4n) is 1.88. The molecule has 5 heteroatoms. The Bertz CT molecular complexity index is 176. The Labute approximate surface area is 88.8 Å². The Morgan fingerprint density at radius 1 is 1.27 bits per heavy atom. The van der Waals surface area contributed by atoms with Crippen molar-refractivity contribution in [3.05, 3.63) is 0 Å². The Kier molecular flexibility index (Phi) is 4.86. The third-order valence-electron chi connectivity index (χ3n) is 2.63. The molecule has 15 heavy (non-hydrogen) atoms. The van der Waals surface area contributed by atoms with Crippen molar-refractivity contribution in [1.82, 2.24) is 10.2 Å². The minimum atomic E-state index is -4.04. The van der Waals surface area contributed by atoms with Gasteiger partial charge in [0.25, 0.3) is 0 Å². The molecule has 1 saturated heterocycles. The van der Waals surface area contributed by atoms with Gasteiger partial charge in [0.15, 0.2) is 0 Å². The molecule has 2 nitrogen and oxygen atoms in total. The lowest BCUT2D eigenvalue weighted by Crippen LogP contribution is -2.39. The van der Waals surface area contributed by atoms with Crippen molar-refractivity contribution >= 4 is 0 Å². The predicted octanol–water partition coefficient (Wildman–Crippen LogP) is 2.01. The van der Waals surface area contributed by atoms with E-state index in [2.05, 4.69) is 10.2 Å². The summed E-state index contributed by atoms with van der Waals surface area (Å²) in [7, 11) is 0. The van der Waals surface area contributed by atoms with E-state index in [1.54, 1.807) is 0 Å². The zero-order valence-corrected chi connectivity index (χ0v) is 9.11. The largest absolute Gasteiger partial charge is 0.390 e. The number of likely N-dealkylation sites (tertiary alicyclic amines) is 1. The highest BCUT2D eigenvalue weighted by molar-refractivity contribution is 4.72. The first-order chi connectivity index (χ1) is 6.97. The second kappa shape index (κ2) is 5.70. The summed E-state index contributed by atoms with van der Waals surface area (Å²) < 4.78 is 35.6. The summed E-state index contributed by atoms with van der Waals surface area (Å²) in [6, 6.07) is 0.144. The van der Waals surface area contributed by atoms with Gasteiger partial charge in [-0.05, 0) is 32.9 Å². The van der Waals surface area contributed by atoms with Crippen LogP contribution in [0.25, 0.3) is 0 Å². The van der Waals surface area contributed by atoms with E-state index in [1.165, 1.54) is 12.8 Å². The molecule has 1 fully saturated rings. The van der Waals surface area contributed by atoms with Crippen LogP contribution in [0.4, 0.5) is 13.2 Å². The number of hydrogen-bond donors (Lipinski definition) is 1. The van der Waals surface area contributed by atoms with Crippen LogP contribution in [0, 0.1) is 0 Å². The summed E-state index contributed by atoms with van der Waals surface area (Å²) in [5, 5.41) is 2.90. The van der Waals surface area contributed by atoms with Crippen LogP contribution < -0.4 is 5.32 Å². The first-order valence-corrected chi connectivity index (χ1v) is 5.50. The molecule has 1 unspecified atom stereocenters. The van der Waals surface area contributed by atoms with Crippen LogP contribution in [0.15, 0.2) is 0 Å². The average molecular weight is 224 g/mol. The van der Waals surface area contributed by atoms with E-state index in [-0.39, 0.29) is 12.6 Å². The highest BCUT2D eigenvalue weighted by Gasteiger charge is 2.26. The van der Waals surface area contributed by atoms with Crippen molar-refractivity contribution in [2.24, 2.45) is 0 Å². The Balaban J connectivity index is 2.05. The van der Waals surface area contributed by atoms with Crippen LogP contribution in [0.3, 0.4) is 0 Å². The van der Waals surface area contributed by atoms with Crippen molar-refractivity contribution in [2.45, 2.75) is 38.4 Å². The molecule has 1 aliphatic heterocycles. The number of alkyl halides is 3. The Morgan fingerprint density at radius 3 is 2.40 bits per heavy atom. The fraction of sp³-hybridized carbons (Fsp3) is 1.00. The van der Waals surface area contributed by atoms with Gasteiger partial charge >= 0.3 is 6.18 Å². The van der Waals surface area contributed by atoms with Crippen LogP contribution in [0.2, 0.25) is 0 Å². The van der Waals surface area contributed by atoms with Crippen LogP contribution >= 0.6 is 0 Å². The summed E-state index contributed by atoms with van der Waals surface area (Å²) in [4.78, 5) is 2.30. The first kappa shape index (κ1) is 12.8. The van der Waals surface area contributed by atoms with Crippen molar-refractivity contribution < 1.29 is 13.2 Å². The minimum Gasteiger partial charge on any atom is -0.313 e. The van der Waals surface area contributed by atoms with Crippen LogP contribution in [0.1, 0.15) is 26.2 Å². The second-order valence-corrected chi connectivity index (χ2v) is 4.23. The number of rotatable bonds is 5. The fourth-order valence-corrected chi connectivity index (χ4v) is 1.88. The molecule has 1 aliphatic rings. The van der Waals surface area contributed by atoms with Gasteiger partial charge < -0.3 is 10.2 Å². The molecule has 0 bridgehead atoms. The molecule has 0 aliphatic carbocycles. The van der Waals surface area contributed by atoms with Gasteiger partial charge in [-0.25, -0.2) is 0 Å². The lowest BCUT2D eigenvalue weighted by atomic mass is 10.3. The number of hydrogen-bond acceptors (Lipinski definition) is 2. The molecule has 0 aromatic rings. The molecule has 0 aromatic carbocycles. The van der Waals surface area contributed by atoms with Gasteiger partial charge in [0.05, 0.1) is 6.42 Å².